The molecule has 6 heteroatoms. The zero-order chi connectivity index (χ0) is 14.8. The second kappa shape index (κ2) is 5.61. The summed E-state index contributed by atoms with van der Waals surface area (Å²) in [5.41, 5.74) is -0.557. The van der Waals surface area contributed by atoms with Crippen molar-refractivity contribution in [3.8, 4) is 0 Å². The molecule has 1 radical (unpaired) electrons. The Kier molecular flexibility index (Phi) is 4.57. The summed E-state index contributed by atoms with van der Waals surface area (Å²) in [5, 5.41) is 9.22. The molecule has 1 aliphatic rings. The highest BCUT2D eigenvalue weighted by Gasteiger charge is 2.50. The van der Waals surface area contributed by atoms with Gasteiger partial charge in [0.25, 0.3) is 0 Å². The van der Waals surface area contributed by atoms with E-state index in [1.165, 1.54) is 0 Å². The maximum atomic E-state index is 11.6. The van der Waals surface area contributed by atoms with E-state index in [-0.39, 0.29) is 19.3 Å². The summed E-state index contributed by atoms with van der Waals surface area (Å²) in [7, 11) is 0. The summed E-state index contributed by atoms with van der Waals surface area (Å²) in [5.74, 6) is -2.64. The van der Waals surface area contributed by atoms with Crippen LogP contribution in [-0.4, -0.2) is 35.2 Å². The maximum absolute atomic E-state index is 11.6. The van der Waals surface area contributed by atoms with Crippen molar-refractivity contribution in [3.63, 3.8) is 0 Å². The van der Waals surface area contributed by atoms with Crippen LogP contribution in [0.5, 0.6) is 0 Å². The van der Waals surface area contributed by atoms with Gasteiger partial charge in [-0.05, 0) is 10.3 Å². The normalized spacial score (nSPS) is 20.4. The Bertz CT molecular complexity index is 394. The molecule has 6 nitrogen and oxygen atoms in total. The molecule has 2 amide bonds. The number of hydrogen-bond donors (Lipinski definition) is 1. The molecule has 1 unspecified atom stereocenters. The molecule has 105 valence electrons. The fraction of sp³-hybridized carbons (Fsp3) is 0.692. The van der Waals surface area contributed by atoms with Gasteiger partial charge in [-0.15, -0.1) is 0 Å². The molecule has 0 spiro atoms. The first kappa shape index (κ1) is 15.5. The van der Waals surface area contributed by atoms with Crippen molar-refractivity contribution < 1.29 is 24.3 Å². The number of rotatable bonds is 5. The molecule has 0 saturated carbocycles. The molecule has 19 heavy (non-hydrogen) atoms. The van der Waals surface area contributed by atoms with E-state index in [9.17, 15) is 24.3 Å². The maximum Gasteiger partial charge on any atom is 0.370 e. The molecule has 0 aliphatic carbocycles. The van der Waals surface area contributed by atoms with Crippen molar-refractivity contribution >= 4 is 24.1 Å². The van der Waals surface area contributed by atoms with Gasteiger partial charge in [-0.1, -0.05) is 20.8 Å². The zero-order valence-corrected chi connectivity index (χ0v) is 11.4. The van der Waals surface area contributed by atoms with Crippen LogP contribution in [0.25, 0.3) is 0 Å². The van der Waals surface area contributed by atoms with Gasteiger partial charge in [-0.25, -0.2) is 9.59 Å². The number of carbonyl (C=O) groups excluding carboxylic acids is 3. The minimum atomic E-state index is -1.03. The molecule has 0 aromatic heterocycles. The van der Waals surface area contributed by atoms with Gasteiger partial charge >= 0.3 is 17.8 Å². The predicted molar refractivity (Wildman–Crippen MR) is 66.4 cm³/mol. The van der Waals surface area contributed by atoms with Crippen molar-refractivity contribution in [1.82, 2.24) is 4.90 Å². The van der Waals surface area contributed by atoms with Crippen LogP contribution in [0.1, 0.15) is 40.0 Å². The number of imide groups is 1. The molecule has 0 aromatic carbocycles. The SMILES string of the molecule is CC(C)(C)C(C[C@@H](C=O)[N+]1C(=O)CCC1=O)C(=O)O. The first-order chi connectivity index (χ1) is 8.68. The van der Waals surface area contributed by atoms with Gasteiger partial charge in [0, 0.05) is 6.42 Å². The molecular weight excluding hydrogens is 250 g/mol. The summed E-state index contributed by atoms with van der Waals surface area (Å²) in [6, 6.07) is -0.983. The molecule has 1 saturated heterocycles. The minimum absolute atomic E-state index is 0.0419. The summed E-state index contributed by atoms with van der Waals surface area (Å²) < 4.78 is 0. The average molecular weight is 269 g/mol. The van der Waals surface area contributed by atoms with E-state index in [0.29, 0.717) is 6.29 Å². The van der Waals surface area contributed by atoms with Gasteiger partial charge in [-0.3, -0.25) is 9.59 Å². The summed E-state index contributed by atoms with van der Waals surface area (Å²) >= 11 is 0. The van der Waals surface area contributed by atoms with Crippen molar-refractivity contribution in [2.45, 2.75) is 46.1 Å². The lowest BCUT2D eigenvalue weighted by Gasteiger charge is -2.27. The van der Waals surface area contributed by atoms with E-state index in [2.05, 4.69) is 0 Å². The quantitative estimate of drug-likeness (QED) is 0.450. The Balaban J connectivity index is 2.92. The van der Waals surface area contributed by atoms with Crippen LogP contribution in [0.4, 0.5) is 0 Å². The molecule has 1 rings (SSSR count). The molecule has 2 atom stereocenters. The first-order valence-corrected chi connectivity index (χ1v) is 6.21. The molecule has 1 aliphatic heterocycles. The number of aliphatic carboxylic acids is 1. The van der Waals surface area contributed by atoms with Gasteiger partial charge < -0.3 is 5.11 Å². The topological polar surface area (TPSA) is 94.4 Å². The van der Waals surface area contributed by atoms with Crippen LogP contribution < -0.4 is 4.90 Å². The number of nitrogens with zero attached hydrogens (tertiary/aromatic N) is 1. The number of carboxylic acids is 1. The predicted octanol–water partition coefficient (Wildman–Crippen LogP) is 0.678. The Morgan fingerprint density at radius 3 is 2.11 bits per heavy atom. The smallest absolute Gasteiger partial charge is 0.370 e. The summed E-state index contributed by atoms with van der Waals surface area (Å²) in [6.07, 6.45) is 0.634. The van der Waals surface area contributed by atoms with Gasteiger partial charge in [0.15, 0.2) is 6.29 Å². The summed E-state index contributed by atoms with van der Waals surface area (Å²) in [6.45, 7) is 5.25. The fourth-order valence-electron chi connectivity index (χ4n) is 2.25. The van der Waals surface area contributed by atoms with E-state index in [4.69, 9.17) is 0 Å². The fourth-order valence-corrected chi connectivity index (χ4v) is 2.25. The van der Waals surface area contributed by atoms with Crippen molar-refractivity contribution in [2.24, 2.45) is 11.3 Å². The zero-order valence-electron chi connectivity index (χ0n) is 11.4. The van der Waals surface area contributed by atoms with Crippen molar-refractivity contribution in [1.29, 1.82) is 0 Å². The van der Waals surface area contributed by atoms with Crippen LogP contribution in [0.2, 0.25) is 0 Å². The molecule has 1 heterocycles. The number of amides is 2. The third-order valence-corrected chi connectivity index (χ3v) is 3.40. The van der Waals surface area contributed by atoms with Gasteiger partial charge in [0.1, 0.15) is 0 Å². The molecule has 1 N–H and O–H groups in total. The molecule has 0 bridgehead atoms. The summed E-state index contributed by atoms with van der Waals surface area (Å²) in [4.78, 5) is 46.5. The number of aldehydes is 1. The van der Waals surface area contributed by atoms with Crippen LogP contribution in [0.3, 0.4) is 0 Å². The number of hydrogen-bond acceptors (Lipinski definition) is 4. The standard InChI is InChI=1S/C13H19NO5/c1-13(2,3)9(12(18)19)6-8(7-15)14-10(16)4-5-11(14)17/h7-9H,4-6H2,1-3H3,(H,18,19)/q+1/t8-,9?/m0/s1. The third-order valence-electron chi connectivity index (χ3n) is 3.40. The third kappa shape index (κ3) is 3.47. The van der Waals surface area contributed by atoms with E-state index in [1.54, 1.807) is 20.8 Å². The Labute approximate surface area is 111 Å². The lowest BCUT2D eigenvalue weighted by Crippen LogP contribution is -2.48. The van der Waals surface area contributed by atoms with Crippen molar-refractivity contribution in [2.75, 3.05) is 0 Å². The van der Waals surface area contributed by atoms with E-state index in [0.717, 1.165) is 4.90 Å². The Morgan fingerprint density at radius 2 is 1.79 bits per heavy atom. The number of carboxylic acid groups (broad SMARTS) is 1. The molecule has 1 fully saturated rings. The monoisotopic (exact) mass is 269 g/mol. The van der Waals surface area contributed by atoms with Gasteiger partial charge in [0.2, 0.25) is 6.04 Å². The van der Waals surface area contributed by atoms with E-state index in [1.807, 2.05) is 0 Å². The van der Waals surface area contributed by atoms with Crippen LogP contribution in [-0.2, 0) is 19.2 Å². The minimum Gasteiger partial charge on any atom is -0.481 e. The average Bonchev–Trinajstić information content (AvgIpc) is 2.59. The van der Waals surface area contributed by atoms with Gasteiger partial charge in [-0.2, -0.15) is 0 Å². The Hall–Kier alpha value is -1.56. The van der Waals surface area contributed by atoms with E-state index < -0.39 is 35.2 Å². The lowest BCUT2D eigenvalue weighted by atomic mass is 9.77. The van der Waals surface area contributed by atoms with Crippen molar-refractivity contribution in [3.05, 3.63) is 0 Å². The first-order valence-electron chi connectivity index (χ1n) is 6.21. The highest BCUT2D eigenvalue weighted by molar-refractivity contribution is 6.07. The van der Waals surface area contributed by atoms with E-state index >= 15 is 0 Å². The highest BCUT2D eigenvalue weighted by atomic mass is 16.4. The lowest BCUT2D eigenvalue weighted by molar-refractivity contribution is -0.148. The second-order valence-electron chi connectivity index (χ2n) is 5.85. The van der Waals surface area contributed by atoms with Crippen LogP contribution in [0.15, 0.2) is 0 Å². The van der Waals surface area contributed by atoms with Gasteiger partial charge in [0.05, 0.1) is 18.8 Å². The Morgan fingerprint density at radius 1 is 1.32 bits per heavy atom. The highest BCUT2D eigenvalue weighted by Crippen LogP contribution is 2.31. The van der Waals surface area contributed by atoms with Crippen LogP contribution in [0, 0.1) is 11.3 Å². The largest absolute Gasteiger partial charge is 0.481 e. The van der Waals surface area contributed by atoms with Crippen LogP contribution >= 0.6 is 0 Å². The number of likely N-dealkylation sites (tertiary alicyclic amines) is 1. The number of carbonyl (C=O) groups is 4. The molecule has 0 aromatic rings. The molecular formula is C13H19NO5+. The second-order valence-corrected chi connectivity index (χ2v) is 5.85.